The van der Waals surface area contributed by atoms with E-state index in [1.165, 1.54) is 0 Å². The molecule has 10 atom stereocenters. The fourth-order valence-electron chi connectivity index (χ4n) is 3.50. The number of aliphatic hydroxyl groups is 4. The van der Waals surface area contributed by atoms with Crippen LogP contribution in [0, 0.1) is 0 Å². The van der Waals surface area contributed by atoms with Crippen LogP contribution in [0.1, 0.15) is 6.92 Å². The van der Waals surface area contributed by atoms with Gasteiger partial charge >= 0.3 is 10.4 Å². The molecule has 2 heterocycles. The first kappa shape index (κ1) is 32.1. The number of nitrogens with zero attached hydrogens (tertiary/aromatic N) is 1. The van der Waals surface area contributed by atoms with Crippen LogP contribution in [0.2, 0.25) is 0 Å². The second-order valence-electron chi connectivity index (χ2n) is 7.85. The maximum Gasteiger partial charge on any atom is 0.397 e. The Kier molecular flexibility index (Phi) is 11.5. The zero-order valence-electron chi connectivity index (χ0n) is 19.1. The van der Waals surface area contributed by atoms with E-state index in [9.17, 15) is 46.9 Å². The Morgan fingerprint density at radius 1 is 0.946 bits per heavy atom. The Labute approximate surface area is 211 Å². The molecule has 218 valence electrons. The monoisotopic (exact) mass is 584 g/mol. The maximum absolute atomic E-state index is 11.6. The van der Waals surface area contributed by atoms with E-state index in [1.807, 2.05) is 0 Å². The predicted molar refractivity (Wildman–Crippen MR) is 111 cm³/mol. The third kappa shape index (κ3) is 9.52. The van der Waals surface area contributed by atoms with Crippen molar-refractivity contribution in [3.05, 3.63) is 0 Å². The minimum Gasteiger partial charge on any atom is -0.862 e. The highest BCUT2D eigenvalue weighted by Gasteiger charge is 2.51. The van der Waals surface area contributed by atoms with Gasteiger partial charge in [-0.2, -0.15) is 8.42 Å². The average Bonchev–Trinajstić information content (AvgIpc) is 2.77. The van der Waals surface area contributed by atoms with Gasteiger partial charge in [-0.15, -0.1) is 0 Å². The van der Waals surface area contributed by atoms with E-state index in [1.54, 1.807) is 0 Å². The molecule has 2 fully saturated rings. The Morgan fingerprint density at radius 3 is 2.08 bits per heavy atom. The SMILES string of the molecule is CC([O-])=N[C@H]1[C@@H](O[C@H]2[C@H](O)[C@@H](O)[C@H](OCCN)O[C@@H]2COS(=O)(=O)O)O[C@H](COS(=O)(=O)[O-])[C@@H](O)[C@@H]1O. The molecule has 0 spiro atoms. The van der Waals surface area contributed by atoms with Gasteiger partial charge in [0.05, 0.1) is 19.8 Å². The molecule has 0 saturated carbocycles. The Balaban J connectivity index is 2.36. The normalized spacial score (nSPS) is 38.0. The summed E-state index contributed by atoms with van der Waals surface area (Å²) < 4.78 is 93.2. The summed E-state index contributed by atoms with van der Waals surface area (Å²) in [5, 5.41) is 53.4. The first-order valence-electron chi connectivity index (χ1n) is 10.5. The van der Waals surface area contributed by atoms with Gasteiger partial charge in [-0.1, -0.05) is 0 Å². The molecule has 2 aliphatic rings. The van der Waals surface area contributed by atoms with Crippen LogP contribution in [-0.2, 0) is 48.1 Å². The van der Waals surface area contributed by atoms with Gasteiger partial charge in [-0.25, -0.2) is 12.6 Å². The Morgan fingerprint density at radius 2 is 1.54 bits per heavy atom. The lowest BCUT2D eigenvalue weighted by Gasteiger charge is -2.46. The van der Waals surface area contributed by atoms with Gasteiger partial charge in [0.15, 0.2) is 12.6 Å². The van der Waals surface area contributed by atoms with Crippen molar-refractivity contribution in [1.82, 2.24) is 0 Å². The minimum absolute atomic E-state index is 0.0261. The molecule has 0 aromatic carbocycles. The van der Waals surface area contributed by atoms with Crippen LogP contribution in [0.4, 0.5) is 0 Å². The summed E-state index contributed by atoms with van der Waals surface area (Å²) in [5.41, 5.74) is 5.32. The van der Waals surface area contributed by atoms with E-state index in [0.29, 0.717) is 0 Å². The molecule has 0 unspecified atom stereocenters. The quantitative estimate of drug-likeness (QED) is 0.0537. The van der Waals surface area contributed by atoms with E-state index in [4.69, 9.17) is 29.2 Å². The lowest BCUT2D eigenvalue weighted by atomic mass is 9.96. The molecule has 0 amide bonds. The molecule has 0 aromatic rings. The molecular formula is C16H28N2O17S2-2. The van der Waals surface area contributed by atoms with E-state index in [0.717, 1.165) is 6.92 Å². The molecule has 0 radical (unpaired) electrons. The Bertz CT molecular complexity index is 974. The van der Waals surface area contributed by atoms with Gasteiger partial charge in [0.1, 0.15) is 48.8 Å². The van der Waals surface area contributed by atoms with Crippen LogP contribution >= 0.6 is 0 Å². The average molecular weight is 585 g/mol. The topological polar surface area (TPSA) is 309 Å². The first-order valence-corrected chi connectivity index (χ1v) is 13.2. The number of hydrogen-bond acceptors (Lipinski definition) is 18. The number of hydrogen-bond donors (Lipinski definition) is 6. The fraction of sp³-hybridized carbons (Fsp3) is 0.938. The van der Waals surface area contributed by atoms with Crippen molar-refractivity contribution < 1.29 is 78.8 Å². The van der Waals surface area contributed by atoms with Crippen molar-refractivity contribution in [2.45, 2.75) is 68.3 Å². The van der Waals surface area contributed by atoms with Crippen molar-refractivity contribution in [3.8, 4) is 0 Å². The second kappa shape index (κ2) is 13.3. The van der Waals surface area contributed by atoms with E-state index in [-0.39, 0.29) is 13.2 Å². The molecule has 2 aliphatic heterocycles. The molecule has 2 saturated heterocycles. The predicted octanol–water partition coefficient (Wildman–Crippen LogP) is -6.32. The van der Waals surface area contributed by atoms with Crippen LogP contribution in [0.3, 0.4) is 0 Å². The zero-order chi connectivity index (χ0) is 28.1. The number of nitrogens with two attached hydrogens (primary N) is 1. The van der Waals surface area contributed by atoms with Crippen LogP contribution < -0.4 is 10.8 Å². The molecule has 19 nitrogen and oxygen atoms in total. The molecule has 0 bridgehead atoms. The minimum atomic E-state index is -5.26. The van der Waals surface area contributed by atoms with Gasteiger partial charge < -0.3 is 54.8 Å². The third-order valence-electron chi connectivity index (χ3n) is 5.09. The molecular weight excluding hydrogens is 556 g/mol. The van der Waals surface area contributed by atoms with Crippen LogP contribution in [0.25, 0.3) is 0 Å². The van der Waals surface area contributed by atoms with Gasteiger partial charge in [-0.3, -0.25) is 13.7 Å². The standard InChI is InChI=1S/C16H30N2O17S2/c1-6(19)18-9-11(21)10(20)7(4-31-36(24,25)26)33-15(9)35-14-8(5-32-37(27,28)29)34-16(30-3-2-17)13(23)12(14)22/h7-16,20-23H,2-5,17H2,1H3,(H,18,19)(H,24,25,26)(H,27,28,29)/p-2/t7-,8-,9-,10-,11-,12-,13-,14-,15-,16-/m1/s1. The van der Waals surface area contributed by atoms with Crippen LogP contribution in [0.15, 0.2) is 4.99 Å². The molecule has 21 heteroatoms. The molecule has 37 heavy (non-hydrogen) atoms. The van der Waals surface area contributed by atoms with Crippen molar-refractivity contribution in [3.63, 3.8) is 0 Å². The van der Waals surface area contributed by atoms with Crippen molar-refractivity contribution in [2.24, 2.45) is 10.7 Å². The van der Waals surface area contributed by atoms with E-state index < -0.39 is 101 Å². The highest BCUT2D eigenvalue weighted by Crippen LogP contribution is 2.31. The van der Waals surface area contributed by atoms with Crippen LogP contribution in [-0.4, -0.2) is 140 Å². The summed E-state index contributed by atoms with van der Waals surface area (Å²) >= 11 is 0. The second-order valence-corrected chi connectivity index (χ2v) is 10.00. The summed E-state index contributed by atoms with van der Waals surface area (Å²) in [6, 6.07) is -1.72. The van der Waals surface area contributed by atoms with Crippen molar-refractivity contribution in [1.29, 1.82) is 0 Å². The molecule has 0 aliphatic carbocycles. The van der Waals surface area contributed by atoms with Crippen molar-refractivity contribution in [2.75, 3.05) is 26.4 Å². The fourth-order valence-corrected chi connectivity index (χ4v) is 4.11. The lowest BCUT2D eigenvalue weighted by Crippen LogP contribution is -2.64. The van der Waals surface area contributed by atoms with E-state index in [2.05, 4.69) is 13.4 Å². The van der Waals surface area contributed by atoms with Gasteiger partial charge in [-0.05, 0) is 12.8 Å². The smallest absolute Gasteiger partial charge is 0.397 e. The van der Waals surface area contributed by atoms with Gasteiger partial charge in [0.2, 0.25) is 10.4 Å². The maximum atomic E-state index is 11.6. The van der Waals surface area contributed by atoms with Gasteiger partial charge in [0, 0.05) is 6.54 Å². The van der Waals surface area contributed by atoms with E-state index >= 15 is 0 Å². The van der Waals surface area contributed by atoms with Crippen LogP contribution in [0.5, 0.6) is 0 Å². The zero-order valence-corrected chi connectivity index (χ0v) is 20.7. The number of aliphatic imine (C=N–C) groups is 1. The number of rotatable bonds is 12. The number of ether oxygens (including phenoxy) is 4. The summed E-state index contributed by atoms with van der Waals surface area (Å²) in [6.07, 6.45) is -16.4. The molecule has 2 rings (SSSR count). The Hall–Kier alpha value is -1.15. The first-order chi connectivity index (χ1) is 17.0. The van der Waals surface area contributed by atoms with Crippen molar-refractivity contribution >= 4 is 26.7 Å². The highest BCUT2D eigenvalue weighted by atomic mass is 32.3. The summed E-state index contributed by atoms with van der Waals surface area (Å²) in [4.78, 5) is 3.56. The third-order valence-corrected chi connectivity index (χ3v) is 5.95. The van der Waals surface area contributed by atoms with Gasteiger partial charge in [0.25, 0.3) is 0 Å². The molecule has 0 aromatic heterocycles. The lowest BCUT2D eigenvalue weighted by molar-refractivity contribution is -0.344. The number of aliphatic hydroxyl groups excluding tert-OH is 4. The molecule has 7 N–H and O–H groups in total. The summed E-state index contributed by atoms with van der Waals surface area (Å²) in [6.45, 7) is -1.33. The summed E-state index contributed by atoms with van der Waals surface area (Å²) in [7, 11) is -10.3. The largest absolute Gasteiger partial charge is 0.862 e. The highest BCUT2D eigenvalue weighted by molar-refractivity contribution is 7.81. The summed E-state index contributed by atoms with van der Waals surface area (Å²) in [5.74, 6) is -0.882.